The molecule has 2 rings (SSSR count). The lowest BCUT2D eigenvalue weighted by Gasteiger charge is -2.08. The molecule has 4 heteroatoms. The van der Waals surface area contributed by atoms with Crippen LogP contribution in [0.15, 0.2) is 30.5 Å². The molecule has 0 amide bonds. The first-order chi connectivity index (χ1) is 8.19. The average Bonchev–Trinajstić information content (AvgIpc) is 2.63. The predicted molar refractivity (Wildman–Crippen MR) is 66.9 cm³/mol. The third kappa shape index (κ3) is 2.84. The summed E-state index contributed by atoms with van der Waals surface area (Å²) in [7, 11) is 0. The number of rotatable bonds is 4. The smallest absolute Gasteiger partial charge is 0.207 e. The third-order valence-electron chi connectivity index (χ3n) is 2.46. The van der Waals surface area contributed by atoms with Crippen LogP contribution in [0.1, 0.15) is 19.0 Å². The van der Waals surface area contributed by atoms with Crippen molar-refractivity contribution in [2.75, 3.05) is 5.32 Å². The Morgan fingerprint density at radius 3 is 2.65 bits per heavy atom. The molecular formula is C13H16FN3. The van der Waals surface area contributed by atoms with Gasteiger partial charge in [-0.15, -0.1) is 0 Å². The van der Waals surface area contributed by atoms with E-state index in [1.54, 1.807) is 12.1 Å². The highest BCUT2D eigenvalue weighted by Gasteiger charge is 2.05. The Bertz CT molecular complexity index is 488. The van der Waals surface area contributed by atoms with Crippen molar-refractivity contribution in [1.82, 2.24) is 9.55 Å². The lowest BCUT2D eigenvalue weighted by Crippen LogP contribution is -2.02. The van der Waals surface area contributed by atoms with E-state index < -0.39 is 0 Å². The van der Waals surface area contributed by atoms with Crippen molar-refractivity contribution in [2.24, 2.45) is 0 Å². The van der Waals surface area contributed by atoms with Crippen LogP contribution in [-0.2, 0) is 6.54 Å². The highest BCUT2D eigenvalue weighted by atomic mass is 19.1. The van der Waals surface area contributed by atoms with E-state index in [1.807, 2.05) is 13.1 Å². The number of aryl methyl sites for hydroxylation is 2. The molecule has 17 heavy (non-hydrogen) atoms. The highest BCUT2D eigenvalue weighted by Crippen LogP contribution is 2.17. The van der Waals surface area contributed by atoms with E-state index in [0.29, 0.717) is 0 Å². The summed E-state index contributed by atoms with van der Waals surface area (Å²) >= 11 is 0. The molecule has 1 heterocycles. The first-order valence-corrected chi connectivity index (χ1v) is 5.75. The number of benzene rings is 1. The monoisotopic (exact) mass is 233 g/mol. The van der Waals surface area contributed by atoms with Gasteiger partial charge < -0.3 is 9.88 Å². The Morgan fingerprint density at radius 1 is 1.29 bits per heavy atom. The Kier molecular flexibility index (Phi) is 3.42. The van der Waals surface area contributed by atoms with Gasteiger partial charge in [-0.05, 0) is 37.6 Å². The first-order valence-electron chi connectivity index (χ1n) is 5.75. The molecule has 0 aliphatic rings. The second-order valence-electron chi connectivity index (χ2n) is 4.03. The average molecular weight is 233 g/mol. The van der Waals surface area contributed by atoms with Crippen molar-refractivity contribution in [3.8, 4) is 0 Å². The zero-order valence-electron chi connectivity index (χ0n) is 10.1. The van der Waals surface area contributed by atoms with Gasteiger partial charge >= 0.3 is 0 Å². The summed E-state index contributed by atoms with van der Waals surface area (Å²) in [6.45, 7) is 5.00. The zero-order chi connectivity index (χ0) is 12.3. The fourth-order valence-corrected chi connectivity index (χ4v) is 1.72. The molecule has 0 bridgehead atoms. The van der Waals surface area contributed by atoms with Crippen LogP contribution >= 0.6 is 0 Å². The standard InChI is InChI=1S/C13H16FN3/c1-3-8-17-9-10(2)15-13(17)16-12-6-4-11(14)5-7-12/h4-7,9H,3,8H2,1-2H3,(H,15,16). The third-order valence-corrected chi connectivity index (χ3v) is 2.46. The minimum atomic E-state index is -0.233. The predicted octanol–water partition coefficient (Wildman–Crippen LogP) is 3.48. The zero-order valence-corrected chi connectivity index (χ0v) is 10.1. The van der Waals surface area contributed by atoms with Crippen molar-refractivity contribution >= 4 is 11.6 Å². The fourth-order valence-electron chi connectivity index (χ4n) is 1.72. The number of hydrogen-bond acceptors (Lipinski definition) is 2. The molecule has 0 saturated heterocycles. The summed E-state index contributed by atoms with van der Waals surface area (Å²) in [6, 6.07) is 6.27. The van der Waals surface area contributed by atoms with Gasteiger partial charge in [-0.3, -0.25) is 0 Å². The summed E-state index contributed by atoms with van der Waals surface area (Å²) in [5.41, 5.74) is 1.82. The van der Waals surface area contributed by atoms with E-state index in [4.69, 9.17) is 0 Å². The second-order valence-corrected chi connectivity index (χ2v) is 4.03. The largest absolute Gasteiger partial charge is 0.326 e. The number of imidazole rings is 1. The number of halogens is 1. The topological polar surface area (TPSA) is 29.9 Å². The molecule has 0 fully saturated rings. The number of nitrogens with zero attached hydrogens (tertiary/aromatic N) is 2. The maximum Gasteiger partial charge on any atom is 0.207 e. The molecule has 0 unspecified atom stereocenters. The van der Waals surface area contributed by atoms with Crippen LogP contribution < -0.4 is 5.32 Å². The summed E-state index contributed by atoms with van der Waals surface area (Å²) in [4.78, 5) is 4.41. The molecule has 1 aromatic carbocycles. The molecule has 1 aromatic heterocycles. The SMILES string of the molecule is CCCn1cc(C)nc1Nc1ccc(F)cc1. The molecule has 2 aromatic rings. The van der Waals surface area contributed by atoms with Gasteiger partial charge in [0.05, 0.1) is 5.69 Å². The van der Waals surface area contributed by atoms with E-state index >= 15 is 0 Å². The second kappa shape index (κ2) is 4.99. The Morgan fingerprint density at radius 2 is 2.00 bits per heavy atom. The van der Waals surface area contributed by atoms with Gasteiger partial charge in [0.25, 0.3) is 0 Å². The molecule has 0 spiro atoms. The lowest BCUT2D eigenvalue weighted by atomic mass is 10.3. The maximum atomic E-state index is 12.8. The van der Waals surface area contributed by atoms with Crippen LogP contribution in [0.25, 0.3) is 0 Å². The van der Waals surface area contributed by atoms with Crippen molar-refractivity contribution in [1.29, 1.82) is 0 Å². The summed E-state index contributed by atoms with van der Waals surface area (Å²) in [6.07, 6.45) is 3.06. The summed E-state index contributed by atoms with van der Waals surface area (Å²) in [5, 5.41) is 3.19. The highest BCUT2D eigenvalue weighted by molar-refractivity contribution is 5.53. The van der Waals surface area contributed by atoms with Gasteiger partial charge in [0.1, 0.15) is 5.82 Å². The van der Waals surface area contributed by atoms with E-state index in [0.717, 1.165) is 30.3 Å². The first kappa shape index (κ1) is 11.6. The van der Waals surface area contributed by atoms with Crippen LogP contribution in [0, 0.1) is 12.7 Å². The minimum absolute atomic E-state index is 0.233. The Labute approximate surface area is 100 Å². The summed E-state index contributed by atoms with van der Waals surface area (Å²) < 4.78 is 14.8. The molecule has 90 valence electrons. The molecular weight excluding hydrogens is 217 g/mol. The van der Waals surface area contributed by atoms with Crippen LogP contribution in [0.5, 0.6) is 0 Å². The van der Waals surface area contributed by atoms with E-state index in [9.17, 15) is 4.39 Å². The van der Waals surface area contributed by atoms with Crippen LogP contribution in [0.2, 0.25) is 0 Å². The fraction of sp³-hybridized carbons (Fsp3) is 0.308. The Balaban J connectivity index is 2.20. The van der Waals surface area contributed by atoms with Gasteiger partial charge in [-0.2, -0.15) is 0 Å². The number of anilines is 2. The maximum absolute atomic E-state index is 12.8. The number of hydrogen-bond donors (Lipinski definition) is 1. The van der Waals surface area contributed by atoms with E-state index in [-0.39, 0.29) is 5.82 Å². The van der Waals surface area contributed by atoms with Crippen molar-refractivity contribution in [3.63, 3.8) is 0 Å². The lowest BCUT2D eigenvalue weighted by molar-refractivity contribution is 0.628. The van der Waals surface area contributed by atoms with Gasteiger partial charge in [-0.25, -0.2) is 9.37 Å². The molecule has 0 saturated carbocycles. The van der Waals surface area contributed by atoms with Crippen molar-refractivity contribution in [3.05, 3.63) is 42.0 Å². The van der Waals surface area contributed by atoms with E-state index in [1.165, 1.54) is 12.1 Å². The van der Waals surface area contributed by atoms with Gasteiger partial charge in [-0.1, -0.05) is 6.92 Å². The quantitative estimate of drug-likeness (QED) is 0.876. The van der Waals surface area contributed by atoms with Gasteiger partial charge in [0, 0.05) is 18.4 Å². The molecule has 3 nitrogen and oxygen atoms in total. The molecule has 0 aliphatic heterocycles. The molecule has 0 atom stereocenters. The molecule has 0 aliphatic carbocycles. The molecule has 0 radical (unpaired) electrons. The molecule has 1 N–H and O–H groups in total. The van der Waals surface area contributed by atoms with Crippen molar-refractivity contribution < 1.29 is 4.39 Å². The van der Waals surface area contributed by atoms with Gasteiger partial charge in [0.2, 0.25) is 5.95 Å². The van der Waals surface area contributed by atoms with Crippen LogP contribution in [-0.4, -0.2) is 9.55 Å². The van der Waals surface area contributed by atoms with Gasteiger partial charge in [0.15, 0.2) is 0 Å². The van der Waals surface area contributed by atoms with Crippen LogP contribution in [0.4, 0.5) is 16.0 Å². The van der Waals surface area contributed by atoms with Crippen LogP contribution in [0.3, 0.4) is 0 Å². The summed E-state index contributed by atoms with van der Waals surface area (Å²) in [5.74, 6) is 0.569. The van der Waals surface area contributed by atoms with E-state index in [2.05, 4.69) is 21.8 Å². The normalized spacial score (nSPS) is 10.5. The Hall–Kier alpha value is -1.84. The number of nitrogens with one attached hydrogen (secondary N) is 1. The number of aromatic nitrogens is 2. The van der Waals surface area contributed by atoms with Crippen molar-refractivity contribution in [2.45, 2.75) is 26.8 Å². The minimum Gasteiger partial charge on any atom is -0.326 e.